The van der Waals surface area contributed by atoms with E-state index in [1.165, 1.54) is 10.7 Å². The molecule has 2 atom stereocenters. The molecular formula is C23H30N2O4S. The van der Waals surface area contributed by atoms with Crippen molar-refractivity contribution in [1.82, 2.24) is 5.32 Å². The van der Waals surface area contributed by atoms with Gasteiger partial charge in [0.2, 0.25) is 5.91 Å². The average Bonchev–Trinajstić information content (AvgIpc) is 2.74. The second-order valence-corrected chi connectivity index (χ2v) is 9.82. The van der Waals surface area contributed by atoms with Crippen LogP contribution in [-0.4, -0.2) is 34.0 Å². The number of methoxy groups -OCH3 is 1. The fourth-order valence-corrected chi connectivity index (χ4v) is 5.41. The lowest BCUT2D eigenvalue weighted by molar-refractivity contribution is -0.120. The Morgan fingerprint density at radius 3 is 2.47 bits per heavy atom. The number of nitrogens with zero attached hydrogens (tertiary/aromatic N) is 1. The number of hydrogen-bond acceptors (Lipinski definition) is 4. The first kappa shape index (κ1) is 22.2. The van der Waals surface area contributed by atoms with Crippen LogP contribution in [0.15, 0.2) is 53.4 Å². The number of aryl methyl sites for hydroxylation is 1. The van der Waals surface area contributed by atoms with Crippen molar-refractivity contribution in [3.63, 3.8) is 0 Å². The number of ether oxygens (including phenoxy) is 1. The van der Waals surface area contributed by atoms with Gasteiger partial charge in [0.1, 0.15) is 12.3 Å². The third-order valence-electron chi connectivity index (χ3n) is 5.68. The predicted octanol–water partition coefficient (Wildman–Crippen LogP) is 3.89. The van der Waals surface area contributed by atoms with Gasteiger partial charge in [0.25, 0.3) is 10.0 Å². The van der Waals surface area contributed by atoms with Gasteiger partial charge >= 0.3 is 0 Å². The quantitative estimate of drug-likeness (QED) is 0.723. The molecule has 2 aromatic rings. The number of carbonyl (C=O) groups is 1. The number of benzene rings is 2. The summed E-state index contributed by atoms with van der Waals surface area (Å²) in [6, 6.07) is 13.5. The van der Waals surface area contributed by atoms with Gasteiger partial charge in [-0.3, -0.25) is 9.10 Å². The van der Waals surface area contributed by atoms with Crippen LogP contribution >= 0.6 is 0 Å². The Kier molecular flexibility index (Phi) is 7.02. The van der Waals surface area contributed by atoms with Gasteiger partial charge in [-0.25, -0.2) is 8.42 Å². The molecule has 6 nitrogen and oxygen atoms in total. The molecule has 1 aliphatic carbocycles. The van der Waals surface area contributed by atoms with Crippen LogP contribution in [0.4, 0.5) is 5.69 Å². The lowest BCUT2D eigenvalue weighted by Crippen LogP contribution is -2.47. The lowest BCUT2D eigenvalue weighted by Gasteiger charge is -2.31. The molecule has 1 N–H and O–H groups in total. The minimum Gasteiger partial charge on any atom is -0.497 e. The fraction of sp³-hybridized carbons (Fsp3) is 0.435. The molecule has 30 heavy (non-hydrogen) atoms. The molecule has 3 rings (SSSR count). The zero-order valence-electron chi connectivity index (χ0n) is 17.8. The van der Waals surface area contributed by atoms with Gasteiger partial charge < -0.3 is 10.1 Å². The van der Waals surface area contributed by atoms with E-state index in [2.05, 4.69) is 12.2 Å². The van der Waals surface area contributed by atoms with Crippen molar-refractivity contribution in [2.75, 3.05) is 18.0 Å². The highest BCUT2D eigenvalue weighted by Gasteiger charge is 2.29. The van der Waals surface area contributed by atoms with Crippen LogP contribution in [0.25, 0.3) is 0 Å². The summed E-state index contributed by atoms with van der Waals surface area (Å²) in [4.78, 5) is 13.0. The Morgan fingerprint density at radius 1 is 1.13 bits per heavy atom. The third kappa shape index (κ3) is 5.14. The van der Waals surface area contributed by atoms with E-state index >= 15 is 0 Å². The molecule has 7 heteroatoms. The van der Waals surface area contributed by atoms with Crippen molar-refractivity contribution in [1.29, 1.82) is 0 Å². The van der Waals surface area contributed by atoms with Crippen molar-refractivity contribution in [2.24, 2.45) is 5.92 Å². The zero-order valence-corrected chi connectivity index (χ0v) is 18.6. The molecule has 2 unspecified atom stereocenters. The van der Waals surface area contributed by atoms with Crippen LogP contribution < -0.4 is 14.4 Å². The van der Waals surface area contributed by atoms with E-state index < -0.39 is 10.0 Å². The number of sulfonamides is 1. The highest BCUT2D eigenvalue weighted by molar-refractivity contribution is 7.92. The van der Waals surface area contributed by atoms with Gasteiger partial charge in [-0.2, -0.15) is 0 Å². The van der Waals surface area contributed by atoms with Crippen LogP contribution in [0.3, 0.4) is 0 Å². The maximum atomic E-state index is 13.4. The molecule has 0 spiro atoms. The molecule has 2 aromatic carbocycles. The Balaban J connectivity index is 1.89. The highest BCUT2D eigenvalue weighted by atomic mass is 32.2. The van der Waals surface area contributed by atoms with Crippen LogP contribution in [0.5, 0.6) is 5.75 Å². The van der Waals surface area contributed by atoms with Crippen molar-refractivity contribution >= 4 is 21.6 Å². The van der Waals surface area contributed by atoms with Gasteiger partial charge in [-0.15, -0.1) is 0 Å². The first-order chi connectivity index (χ1) is 14.3. The summed E-state index contributed by atoms with van der Waals surface area (Å²) in [5, 5.41) is 3.06. The molecule has 0 saturated heterocycles. The van der Waals surface area contributed by atoms with Crippen molar-refractivity contribution < 1.29 is 17.9 Å². The number of nitrogens with one attached hydrogen (secondary N) is 1. The predicted molar refractivity (Wildman–Crippen MR) is 118 cm³/mol. The molecule has 162 valence electrons. The van der Waals surface area contributed by atoms with Gasteiger partial charge in [0.15, 0.2) is 0 Å². The normalized spacial score (nSPS) is 19.2. The second-order valence-electron chi connectivity index (χ2n) is 7.96. The van der Waals surface area contributed by atoms with Crippen LogP contribution in [0.2, 0.25) is 0 Å². The zero-order chi connectivity index (χ0) is 21.7. The first-order valence-electron chi connectivity index (χ1n) is 10.3. The monoisotopic (exact) mass is 430 g/mol. The summed E-state index contributed by atoms with van der Waals surface area (Å²) < 4.78 is 33.2. The first-order valence-corrected chi connectivity index (χ1v) is 11.8. The molecule has 0 radical (unpaired) electrons. The van der Waals surface area contributed by atoms with Gasteiger partial charge in [0.05, 0.1) is 17.7 Å². The fourth-order valence-electron chi connectivity index (χ4n) is 3.88. The number of anilines is 1. The van der Waals surface area contributed by atoms with Gasteiger partial charge in [0, 0.05) is 6.04 Å². The summed E-state index contributed by atoms with van der Waals surface area (Å²) >= 11 is 0. The Morgan fingerprint density at radius 2 is 1.83 bits per heavy atom. The number of carbonyl (C=O) groups excluding carboxylic acids is 1. The third-order valence-corrected chi connectivity index (χ3v) is 7.45. The molecule has 1 fully saturated rings. The summed E-state index contributed by atoms with van der Waals surface area (Å²) in [7, 11) is -2.36. The molecule has 0 aromatic heterocycles. The maximum absolute atomic E-state index is 13.4. The number of amides is 1. The van der Waals surface area contributed by atoms with Crippen molar-refractivity contribution in [3.05, 3.63) is 54.1 Å². The highest BCUT2D eigenvalue weighted by Crippen LogP contribution is 2.27. The van der Waals surface area contributed by atoms with E-state index in [1.807, 2.05) is 13.0 Å². The summed E-state index contributed by atoms with van der Waals surface area (Å²) in [5.74, 6) is 0.721. The molecule has 0 bridgehead atoms. The molecule has 1 saturated carbocycles. The minimum absolute atomic E-state index is 0.0886. The molecule has 0 heterocycles. The van der Waals surface area contributed by atoms with Crippen molar-refractivity contribution in [3.8, 4) is 5.75 Å². The van der Waals surface area contributed by atoms with Crippen LogP contribution in [-0.2, 0) is 14.8 Å². The van der Waals surface area contributed by atoms with E-state index in [4.69, 9.17) is 4.74 Å². The lowest BCUT2D eigenvalue weighted by atomic mass is 9.86. The van der Waals surface area contributed by atoms with Crippen LogP contribution in [0.1, 0.15) is 38.2 Å². The summed E-state index contributed by atoms with van der Waals surface area (Å²) in [6.45, 7) is 3.70. The van der Waals surface area contributed by atoms with Gasteiger partial charge in [-0.05, 0) is 67.6 Å². The summed E-state index contributed by atoms with van der Waals surface area (Å²) in [6.07, 6.45) is 4.27. The van der Waals surface area contributed by atoms with E-state index in [9.17, 15) is 13.2 Å². The number of hydrogen-bond donors (Lipinski definition) is 1. The molecule has 1 amide bonds. The largest absolute Gasteiger partial charge is 0.497 e. The topological polar surface area (TPSA) is 75.7 Å². The maximum Gasteiger partial charge on any atom is 0.264 e. The SMILES string of the molecule is COc1ccc(N(CC(=O)NC2CCCCC2C)S(=O)(=O)c2cccc(C)c2)cc1. The number of rotatable bonds is 7. The van der Waals surface area contributed by atoms with E-state index in [-0.39, 0.29) is 23.4 Å². The second kappa shape index (κ2) is 9.51. The minimum atomic E-state index is -3.91. The Bertz CT molecular complexity index is 973. The van der Waals surface area contributed by atoms with Gasteiger partial charge in [-0.1, -0.05) is 31.9 Å². The average molecular weight is 431 g/mol. The van der Waals surface area contributed by atoms with Crippen molar-refractivity contribution in [2.45, 2.75) is 50.5 Å². The summed E-state index contributed by atoms with van der Waals surface area (Å²) in [5.41, 5.74) is 1.26. The van der Waals surface area contributed by atoms with E-state index in [0.29, 0.717) is 17.4 Å². The Labute approximate surface area is 179 Å². The van der Waals surface area contributed by atoms with Crippen LogP contribution in [0, 0.1) is 12.8 Å². The smallest absolute Gasteiger partial charge is 0.264 e. The van der Waals surface area contributed by atoms with E-state index in [0.717, 1.165) is 24.8 Å². The standard InChI is InChI=1S/C23H30N2O4S/c1-17-7-6-9-21(15-17)30(27,28)25(19-11-13-20(29-3)14-12-19)16-23(26)24-22-10-5-4-8-18(22)2/h6-7,9,11-15,18,22H,4-5,8,10,16H2,1-3H3,(H,24,26). The Hall–Kier alpha value is -2.54. The molecule has 1 aliphatic rings. The molecule has 0 aliphatic heterocycles. The molecular weight excluding hydrogens is 400 g/mol. The van der Waals surface area contributed by atoms with E-state index in [1.54, 1.807) is 49.6 Å².